The van der Waals surface area contributed by atoms with Gasteiger partial charge < -0.3 is 14.2 Å². The molecule has 0 amide bonds. The molecule has 0 aliphatic heterocycles. The molecular formula is C38H48O6S. The van der Waals surface area contributed by atoms with Gasteiger partial charge in [0.05, 0.1) is 17.7 Å². The number of rotatable bonds is 19. The molecule has 3 rings (SSSR count). The highest BCUT2D eigenvalue weighted by Crippen LogP contribution is 2.27. The molecule has 0 radical (unpaired) electrons. The van der Waals surface area contributed by atoms with E-state index < -0.39 is 12.1 Å². The van der Waals surface area contributed by atoms with Gasteiger partial charge in [-0.25, -0.2) is 14.4 Å². The van der Waals surface area contributed by atoms with Crippen LogP contribution < -0.4 is 4.74 Å². The quantitative estimate of drug-likeness (QED) is 0.0428. The standard InChI is InChI=1S/C38H48O6S/c1-4-6-7-8-9-10-11-12-13-16-27-45-35-18-15-14-17-34(35)37(40)43-33-25-23-31(24-26-33)30-19-21-32(22-20-30)36(39)44-38(41)42-28-29(3)5-2/h14-15,17-26,29H,4-13,16,27-28H2,1-3H3/t29-/m0/s1. The lowest BCUT2D eigenvalue weighted by Gasteiger charge is -2.10. The SMILES string of the molecule is CCCCCCCCCCCCSc1ccccc1C(=O)Oc1ccc(-c2ccc(C(=O)OC(=O)OC[C@@H](C)CC)cc2)cc1. The average molecular weight is 633 g/mol. The first-order valence-electron chi connectivity index (χ1n) is 16.4. The molecule has 0 unspecified atom stereocenters. The first-order valence-corrected chi connectivity index (χ1v) is 17.4. The number of unbranched alkanes of at least 4 members (excludes halogenated alkanes) is 9. The zero-order chi connectivity index (χ0) is 32.3. The average Bonchev–Trinajstić information content (AvgIpc) is 3.06. The highest BCUT2D eigenvalue weighted by atomic mass is 32.2. The summed E-state index contributed by atoms with van der Waals surface area (Å²) in [7, 11) is 0. The second-order valence-electron chi connectivity index (χ2n) is 11.5. The van der Waals surface area contributed by atoms with E-state index in [1.54, 1.807) is 48.2 Å². The van der Waals surface area contributed by atoms with Crippen molar-refractivity contribution in [2.45, 2.75) is 96.3 Å². The maximum Gasteiger partial charge on any atom is 0.516 e. The first kappa shape index (κ1) is 35.9. The molecule has 0 aromatic heterocycles. The normalized spacial score (nSPS) is 11.5. The van der Waals surface area contributed by atoms with Crippen LogP contribution in [-0.4, -0.2) is 30.5 Å². The summed E-state index contributed by atoms with van der Waals surface area (Å²) in [6.45, 7) is 6.40. The van der Waals surface area contributed by atoms with Crippen LogP contribution in [0.15, 0.2) is 77.7 Å². The maximum absolute atomic E-state index is 13.0. The Morgan fingerprint density at radius 1 is 0.689 bits per heavy atom. The molecule has 0 spiro atoms. The van der Waals surface area contributed by atoms with E-state index in [1.807, 2.05) is 50.2 Å². The number of carbonyl (C=O) groups excluding carboxylic acids is 3. The fourth-order valence-corrected chi connectivity index (χ4v) is 5.75. The van der Waals surface area contributed by atoms with Crippen molar-refractivity contribution in [1.29, 1.82) is 0 Å². The molecule has 6 nitrogen and oxygen atoms in total. The van der Waals surface area contributed by atoms with Crippen molar-refractivity contribution in [3.8, 4) is 16.9 Å². The predicted octanol–water partition coefficient (Wildman–Crippen LogP) is 10.9. The molecule has 7 heteroatoms. The second-order valence-corrected chi connectivity index (χ2v) is 12.6. The van der Waals surface area contributed by atoms with Crippen LogP contribution >= 0.6 is 11.8 Å². The van der Waals surface area contributed by atoms with Crippen LogP contribution in [0.1, 0.15) is 112 Å². The van der Waals surface area contributed by atoms with Gasteiger partial charge in [-0.05, 0) is 65.6 Å². The van der Waals surface area contributed by atoms with Gasteiger partial charge in [-0.3, -0.25) is 0 Å². The van der Waals surface area contributed by atoms with E-state index in [-0.39, 0.29) is 24.1 Å². The monoisotopic (exact) mass is 632 g/mol. The van der Waals surface area contributed by atoms with Crippen molar-refractivity contribution in [3.05, 3.63) is 83.9 Å². The Kier molecular flexibility index (Phi) is 16.3. The summed E-state index contributed by atoms with van der Waals surface area (Å²) in [4.78, 5) is 38.1. The summed E-state index contributed by atoms with van der Waals surface area (Å²) in [6.07, 6.45) is 12.9. The second kappa shape index (κ2) is 20.5. The lowest BCUT2D eigenvalue weighted by Crippen LogP contribution is -2.17. The highest BCUT2D eigenvalue weighted by Gasteiger charge is 2.16. The zero-order valence-corrected chi connectivity index (χ0v) is 27.9. The third kappa shape index (κ3) is 13.1. The molecular weight excluding hydrogens is 584 g/mol. The number of benzene rings is 3. The third-order valence-corrected chi connectivity index (χ3v) is 8.90. The Balaban J connectivity index is 1.44. The van der Waals surface area contributed by atoms with Gasteiger partial charge in [0.25, 0.3) is 0 Å². The fraction of sp³-hybridized carbons (Fsp3) is 0.447. The van der Waals surface area contributed by atoms with Crippen LogP contribution in [0.3, 0.4) is 0 Å². The molecule has 0 aliphatic rings. The van der Waals surface area contributed by atoms with E-state index in [0.29, 0.717) is 11.3 Å². The van der Waals surface area contributed by atoms with Crippen molar-refractivity contribution in [2.24, 2.45) is 5.92 Å². The Labute approximate surface area is 273 Å². The Bertz CT molecular complexity index is 1320. The summed E-state index contributed by atoms with van der Waals surface area (Å²) >= 11 is 1.71. The molecule has 0 fully saturated rings. The summed E-state index contributed by atoms with van der Waals surface area (Å²) in [6, 6.07) is 21.6. The number of thioether (sulfide) groups is 1. The van der Waals surface area contributed by atoms with Gasteiger partial charge in [0.1, 0.15) is 5.75 Å². The molecule has 0 saturated heterocycles. The first-order chi connectivity index (χ1) is 21.9. The predicted molar refractivity (Wildman–Crippen MR) is 182 cm³/mol. The summed E-state index contributed by atoms with van der Waals surface area (Å²) < 4.78 is 15.5. The minimum absolute atomic E-state index is 0.195. The van der Waals surface area contributed by atoms with Gasteiger partial charge in [-0.15, -0.1) is 11.8 Å². The van der Waals surface area contributed by atoms with Gasteiger partial charge in [-0.1, -0.05) is 121 Å². The maximum atomic E-state index is 13.0. The van der Waals surface area contributed by atoms with Crippen LogP contribution in [0.2, 0.25) is 0 Å². The largest absolute Gasteiger partial charge is 0.516 e. The topological polar surface area (TPSA) is 78.9 Å². The van der Waals surface area contributed by atoms with E-state index in [9.17, 15) is 14.4 Å². The number of carbonyl (C=O) groups is 3. The minimum Gasteiger partial charge on any atom is -0.434 e. The molecule has 0 bridgehead atoms. The van der Waals surface area contributed by atoms with E-state index in [1.165, 1.54) is 57.8 Å². The van der Waals surface area contributed by atoms with E-state index in [0.717, 1.165) is 34.6 Å². The molecule has 0 heterocycles. The van der Waals surface area contributed by atoms with Gasteiger partial charge in [0.15, 0.2) is 0 Å². The number of ether oxygens (including phenoxy) is 3. The minimum atomic E-state index is -0.996. The Morgan fingerprint density at radius 2 is 1.27 bits per heavy atom. The summed E-state index contributed by atoms with van der Waals surface area (Å²) in [5.41, 5.74) is 2.56. The Hall–Kier alpha value is -3.58. The van der Waals surface area contributed by atoms with Gasteiger partial charge in [0, 0.05) is 4.90 Å². The lowest BCUT2D eigenvalue weighted by atomic mass is 10.0. The molecule has 242 valence electrons. The van der Waals surface area contributed by atoms with E-state index in [2.05, 4.69) is 6.92 Å². The molecule has 0 saturated carbocycles. The number of esters is 2. The van der Waals surface area contributed by atoms with Crippen molar-refractivity contribution in [3.63, 3.8) is 0 Å². The van der Waals surface area contributed by atoms with Crippen molar-refractivity contribution >= 4 is 29.9 Å². The van der Waals surface area contributed by atoms with Crippen molar-refractivity contribution in [2.75, 3.05) is 12.4 Å². The molecule has 45 heavy (non-hydrogen) atoms. The molecule has 3 aromatic carbocycles. The number of hydrogen-bond acceptors (Lipinski definition) is 7. The fourth-order valence-electron chi connectivity index (χ4n) is 4.70. The summed E-state index contributed by atoms with van der Waals surface area (Å²) in [5.74, 6) is 0.489. The summed E-state index contributed by atoms with van der Waals surface area (Å²) in [5, 5.41) is 0. The third-order valence-electron chi connectivity index (χ3n) is 7.74. The molecule has 3 aromatic rings. The van der Waals surface area contributed by atoms with E-state index in [4.69, 9.17) is 14.2 Å². The van der Waals surface area contributed by atoms with Crippen LogP contribution in [0.4, 0.5) is 4.79 Å². The van der Waals surface area contributed by atoms with Crippen molar-refractivity contribution in [1.82, 2.24) is 0 Å². The van der Waals surface area contributed by atoms with Crippen LogP contribution in [0.25, 0.3) is 11.1 Å². The Morgan fingerprint density at radius 3 is 1.89 bits per heavy atom. The molecule has 0 N–H and O–H groups in total. The number of hydrogen-bond donors (Lipinski definition) is 0. The lowest BCUT2D eigenvalue weighted by molar-refractivity contribution is 0.0341. The van der Waals surface area contributed by atoms with Gasteiger partial charge in [-0.2, -0.15) is 0 Å². The highest BCUT2D eigenvalue weighted by molar-refractivity contribution is 7.99. The zero-order valence-electron chi connectivity index (χ0n) is 27.1. The van der Waals surface area contributed by atoms with Crippen LogP contribution in [0, 0.1) is 5.92 Å². The molecule has 1 atom stereocenters. The van der Waals surface area contributed by atoms with E-state index >= 15 is 0 Å². The van der Waals surface area contributed by atoms with Crippen LogP contribution in [-0.2, 0) is 9.47 Å². The smallest absolute Gasteiger partial charge is 0.434 e. The van der Waals surface area contributed by atoms with Gasteiger partial charge in [0.2, 0.25) is 0 Å². The van der Waals surface area contributed by atoms with Gasteiger partial charge >= 0.3 is 18.1 Å². The van der Waals surface area contributed by atoms with Crippen molar-refractivity contribution < 1.29 is 28.6 Å². The molecule has 0 aliphatic carbocycles. The van der Waals surface area contributed by atoms with Crippen LogP contribution in [0.5, 0.6) is 5.75 Å².